The van der Waals surface area contributed by atoms with Crippen LogP contribution in [0.2, 0.25) is 0 Å². The molecule has 2 atom stereocenters. The summed E-state index contributed by atoms with van der Waals surface area (Å²) in [6.07, 6.45) is 2.28. The first-order valence-electron chi connectivity index (χ1n) is 14.7. The second-order valence-electron chi connectivity index (χ2n) is 11.7. The molecule has 10 heteroatoms. The number of hydrogen-bond donors (Lipinski definition) is 2. The number of hydrogen-bond acceptors (Lipinski definition) is 6. The summed E-state index contributed by atoms with van der Waals surface area (Å²) in [5, 5.41) is 10.6. The average Bonchev–Trinajstić information content (AvgIpc) is 3.63. The molecule has 2 aromatic heterocycles. The standard InChI is InChI=1S/C31H37FN6O3/c1-41-27-16-21(31(40)36-10-8-22(32)23(33)18-36)14-24-29(27)38(17-19-6-7-19)30(34-24)26-15-20-4-2-5-25-28(20)37(26)12-11-35(25)9-3-13-39/h2,4-5,14-16,19,22-23,39H,3,6-13,17-18,33H2,1H3/t22-,23+/m0/s1. The number of alkyl halides is 1. The number of aromatic nitrogens is 3. The highest BCUT2D eigenvalue weighted by molar-refractivity contribution is 6.01. The number of halogens is 1. The molecular formula is C31H37FN6O3. The number of anilines is 1. The SMILES string of the molecule is COc1cc(C(=O)N2CC[C@H](F)[C@H](N)C2)cc2nc(-c3cc4cccc5c4n3CCN5CCCO)n(CC3CC3)c12. The molecule has 7 rings (SSSR count). The number of amides is 1. The number of carbonyl (C=O) groups is 1. The van der Waals surface area contributed by atoms with Gasteiger partial charge in [0.05, 0.1) is 35.6 Å². The van der Waals surface area contributed by atoms with Crippen LogP contribution in [0.4, 0.5) is 10.1 Å². The summed E-state index contributed by atoms with van der Waals surface area (Å²) >= 11 is 0. The van der Waals surface area contributed by atoms with Gasteiger partial charge in [-0.2, -0.15) is 0 Å². The molecule has 2 fully saturated rings. The number of aliphatic hydroxyl groups is 1. The Morgan fingerprint density at radius 1 is 1.15 bits per heavy atom. The predicted molar refractivity (Wildman–Crippen MR) is 157 cm³/mol. The van der Waals surface area contributed by atoms with Gasteiger partial charge in [0, 0.05) is 56.8 Å². The highest BCUT2D eigenvalue weighted by Crippen LogP contribution is 2.41. The lowest BCUT2D eigenvalue weighted by molar-refractivity contribution is 0.0630. The second kappa shape index (κ2) is 10.3. The zero-order valence-electron chi connectivity index (χ0n) is 23.4. The van der Waals surface area contributed by atoms with Crippen molar-refractivity contribution in [3.05, 3.63) is 42.0 Å². The molecule has 0 spiro atoms. The minimum Gasteiger partial charge on any atom is -0.494 e. The Hall–Kier alpha value is -3.63. The first-order valence-corrected chi connectivity index (χ1v) is 14.7. The fourth-order valence-corrected chi connectivity index (χ4v) is 6.57. The third-order valence-electron chi connectivity index (χ3n) is 8.92. The number of para-hydroxylation sites is 1. The van der Waals surface area contributed by atoms with Crippen LogP contribution in [0.15, 0.2) is 36.4 Å². The van der Waals surface area contributed by atoms with Gasteiger partial charge in [0.25, 0.3) is 5.91 Å². The van der Waals surface area contributed by atoms with Crippen molar-refractivity contribution < 1.29 is 19.0 Å². The summed E-state index contributed by atoms with van der Waals surface area (Å²) in [4.78, 5) is 22.7. The van der Waals surface area contributed by atoms with Crippen molar-refractivity contribution in [3.63, 3.8) is 0 Å². The number of nitrogens with two attached hydrogens (primary N) is 1. The molecule has 1 aliphatic carbocycles. The smallest absolute Gasteiger partial charge is 0.254 e. The summed E-state index contributed by atoms with van der Waals surface area (Å²) in [6, 6.07) is 11.6. The number of likely N-dealkylation sites (tertiary alicyclic amines) is 1. The lowest BCUT2D eigenvalue weighted by atomic mass is 10.0. The predicted octanol–water partition coefficient (Wildman–Crippen LogP) is 3.79. The second-order valence-corrected chi connectivity index (χ2v) is 11.7. The van der Waals surface area contributed by atoms with E-state index in [-0.39, 0.29) is 25.5 Å². The van der Waals surface area contributed by atoms with E-state index in [0.29, 0.717) is 29.3 Å². The van der Waals surface area contributed by atoms with E-state index < -0.39 is 12.2 Å². The maximum absolute atomic E-state index is 14.0. The molecule has 2 aliphatic heterocycles. The Morgan fingerprint density at radius 2 is 2.00 bits per heavy atom. The number of fused-ring (bicyclic) bond motifs is 1. The van der Waals surface area contributed by atoms with Crippen molar-refractivity contribution in [2.45, 2.75) is 51.0 Å². The van der Waals surface area contributed by atoms with E-state index in [1.807, 2.05) is 6.07 Å². The van der Waals surface area contributed by atoms with Crippen molar-refractivity contribution in [1.82, 2.24) is 19.0 Å². The molecule has 9 nitrogen and oxygen atoms in total. The number of piperidine rings is 1. The number of methoxy groups -OCH3 is 1. The summed E-state index contributed by atoms with van der Waals surface area (Å²) in [5.74, 6) is 1.90. The summed E-state index contributed by atoms with van der Waals surface area (Å²) in [5.41, 5.74) is 11.5. The highest BCUT2D eigenvalue weighted by Gasteiger charge is 2.32. The highest BCUT2D eigenvalue weighted by atomic mass is 19.1. The van der Waals surface area contributed by atoms with E-state index in [0.717, 1.165) is 55.0 Å². The Balaban J connectivity index is 1.35. The van der Waals surface area contributed by atoms with Crippen LogP contribution in [0.1, 0.15) is 36.0 Å². The zero-order valence-corrected chi connectivity index (χ0v) is 23.4. The van der Waals surface area contributed by atoms with Gasteiger partial charge in [-0.1, -0.05) is 12.1 Å². The quantitative estimate of drug-likeness (QED) is 0.340. The van der Waals surface area contributed by atoms with E-state index in [1.165, 1.54) is 24.0 Å². The minimum absolute atomic E-state index is 0.178. The molecule has 3 aliphatic rings. The molecule has 2 aromatic carbocycles. The number of benzene rings is 2. The van der Waals surface area contributed by atoms with Gasteiger partial charge in [-0.05, 0) is 55.9 Å². The minimum atomic E-state index is -1.09. The zero-order chi connectivity index (χ0) is 28.2. The van der Waals surface area contributed by atoms with Crippen LogP contribution in [-0.4, -0.2) is 82.1 Å². The Kier molecular flexibility index (Phi) is 6.62. The van der Waals surface area contributed by atoms with Crippen LogP contribution >= 0.6 is 0 Å². The summed E-state index contributed by atoms with van der Waals surface area (Å²) < 4.78 is 24.5. The molecule has 4 heterocycles. The van der Waals surface area contributed by atoms with Gasteiger partial charge in [-0.15, -0.1) is 0 Å². The number of aliphatic hydroxyl groups excluding tert-OH is 1. The molecule has 0 unspecified atom stereocenters. The fraction of sp³-hybridized carbons (Fsp3) is 0.484. The molecule has 3 N–H and O–H groups in total. The largest absolute Gasteiger partial charge is 0.494 e. The van der Waals surface area contributed by atoms with E-state index in [9.17, 15) is 14.3 Å². The van der Waals surface area contributed by atoms with Gasteiger partial charge in [-0.3, -0.25) is 4.79 Å². The number of imidazole rings is 1. The normalized spacial score (nSPS) is 20.8. The van der Waals surface area contributed by atoms with Crippen molar-refractivity contribution >= 4 is 33.5 Å². The Labute approximate surface area is 238 Å². The summed E-state index contributed by atoms with van der Waals surface area (Å²) in [7, 11) is 1.63. The average molecular weight is 561 g/mol. The molecular weight excluding hydrogens is 523 g/mol. The molecule has 216 valence electrons. The van der Waals surface area contributed by atoms with E-state index in [4.69, 9.17) is 15.5 Å². The van der Waals surface area contributed by atoms with Gasteiger partial charge in [-0.25, -0.2) is 9.37 Å². The van der Waals surface area contributed by atoms with Crippen LogP contribution < -0.4 is 15.4 Å². The van der Waals surface area contributed by atoms with Gasteiger partial charge >= 0.3 is 0 Å². The topological polar surface area (TPSA) is 102 Å². The van der Waals surface area contributed by atoms with Crippen molar-refractivity contribution in [2.75, 3.05) is 44.8 Å². The molecule has 0 radical (unpaired) electrons. The number of rotatable bonds is 8. The van der Waals surface area contributed by atoms with Crippen LogP contribution in [0, 0.1) is 5.92 Å². The number of nitrogens with zero attached hydrogens (tertiary/aromatic N) is 5. The van der Waals surface area contributed by atoms with Gasteiger partial charge in [0.2, 0.25) is 0 Å². The Morgan fingerprint density at radius 3 is 2.76 bits per heavy atom. The third-order valence-corrected chi connectivity index (χ3v) is 8.92. The first-order chi connectivity index (χ1) is 20.0. The van der Waals surface area contributed by atoms with Gasteiger partial charge in [0.15, 0.2) is 5.82 Å². The lowest BCUT2D eigenvalue weighted by Crippen LogP contribution is -2.51. The van der Waals surface area contributed by atoms with Crippen molar-refractivity contribution in [3.8, 4) is 17.3 Å². The van der Waals surface area contributed by atoms with Crippen LogP contribution in [0.25, 0.3) is 33.5 Å². The third kappa shape index (κ3) is 4.53. The maximum atomic E-state index is 14.0. The monoisotopic (exact) mass is 560 g/mol. The molecule has 4 aromatic rings. The molecule has 1 amide bonds. The lowest BCUT2D eigenvalue weighted by Gasteiger charge is -2.33. The maximum Gasteiger partial charge on any atom is 0.254 e. The van der Waals surface area contributed by atoms with Gasteiger partial charge < -0.3 is 34.5 Å². The van der Waals surface area contributed by atoms with Crippen molar-refractivity contribution in [1.29, 1.82) is 0 Å². The summed E-state index contributed by atoms with van der Waals surface area (Å²) in [6.45, 7) is 4.04. The van der Waals surface area contributed by atoms with Crippen LogP contribution in [0.5, 0.6) is 5.75 Å². The van der Waals surface area contributed by atoms with Gasteiger partial charge in [0.1, 0.15) is 17.4 Å². The first kappa shape index (κ1) is 26.3. The Bertz CT molecular complexity index is 1630. The van der Waals surface area contributed by atoms with E-state index in [1.54, 1.807) is 18.1 Å². The molecule has 1 saturated heterocycles. The molecule has 41 heavy (non-hydrogen) atoms. The molecule has 1 saturated carbocycles. The molecule has 0 bridgehead atoms. The van der Waals surface area contributed by atoms with Crippen LogP contribution in [0.3, 0.4) is 0 Å². The van der Waals surface area contributed by atoms with E-state index in [2.05, 4.69) is 38.3 Å². The van der Waals surface area contributed by atoms with Crippen LogP contribution in [-0.2, 0) is 13.1 Å². The fourth-order valence-electron chi connectivity index (χ4n) is 6.57. The number of ether oxygens (including phenoxy) is 1. The van der Waals surface area contributed by atoms with E-state index >= 15 is 0 Å². The van der Waals surface area contributed by atoms with Crippen molar-refractivity contribution in [2.24, 2.45) is 11.7 Å². The number of carbonyl (C=O) groups excluding carboxylic acids is 1.